The number of carbonyl (C=O) groups is 2. The summed E-state index contributed by atoms with van der Waals surface area (Å²) in [7, 11) is 0. The van der Waals surface area contributed by atoms with Crippen LogP contribution in [0.25, 0.3) is 22.3 Å². The van der Waals surface area contributed by atoms with Crippen LogP contribution in [-0.4, -0.2) is 57.4 Å². The molecular formula is C32H38ClN5O3. The molecule has 0 radical (unpaired) electrons. The molecule has 41 heavy (non-hydrogen) atoms. The lowest BCUT2D eigenvalue weighted by Gasteiger charge is -2.30. The molecule has 0 bridgehead atoms. The van der Waals surface area contributed by atoms with Gasteiger partial charge in [-0.3, -0.25) is 9.59 Å². The van der Waals surface area contributed by atoms with Gasteiger partial charge in [0, 0.05) is 48.1 Å². The molecule has 4 aromatic rings. The van der Waals surface area contributed by atoms with Crippen LogP contribution in [0.1, 0.15) is 76.9 Å². The second-order valence-corrected chi connectivity index (χ2v) is 11.5. The molecule has 1 amide bonds. The Bertz CT molecular complexity index is 1540. The first kappa shape index (κ1) is 29.0. The van der Waals surface area contributed by atoms with Crippen molar-refractivity contribution in [2.24, 2.45) is 5.92 Å². The van der Waals surface area contributed by atoms with Gasteiger partial charge in [0.25, 0.3) is 5.91 Å². The summed E-state index contributed by atoms with van der Waals surface area (Å²) < 4.78 is 5.16. The van der Waals surface area contributed by atoms with Crippen molar-refractivity contribution in [2.45, 2.75) is 64.8 Å². The number of Topliss-reactive ketones (excluding diaryl/α,β-unsaturated/α-hetero) is 1. The number of aromatic nitrogens is 3. The first-order valence-corrected chi connectivity index (χ1v) is 14.5. The van der Waals surface area contributed by atoms with Gasteiger partial charge in [-0.05, 0) is 93.7 Å². The van der Waals surface area contributed by atoms with E-state index in [-0.39, 0.29) is 30.1 Å². The van der Waals surface area contributed by atoms with Gasteiger partial charge in [-0.15, -0.1) is 12.4 Å². The molecule has 2 N–H and O–H groups in total. The first-order chi connectivity index (χ1) is 19.4. The fourth-order valence-electron chi connectivity index (χ4n) is 6.24. The fourth-order valence-corrected chi connectivity index (χ4v) is 6.24. The molecule has 2 aliphatic rings. The maximum absolute atomic E-state index is 12.9. The van der Waals surface area contributed by atoms with E-state index in [9.17, 15) is 9.59 Å². The molecule has 1 aliphatic heterocycles. The van der Waals surface area contributed by atoms with Gasteiger partial charge in [-0.25, -0.2) is 0 Å². The number of aryl methyl sites for hydroxylation is 1. The number of hydrogen-bond acceptors (Lipinski definition) is 6. The van der Waals surface area contributed by atoms with Crippen molar-refractivity contribution in [3.63, 3.8) is 0 Å². The monoisotopic (exact) mass is 575 g/mol. The predicted octanol–water partition coefficient (Wildman–Crippen LogP) is 5.93. The van der Waals surface area contributed by atoms with Crippen LogP contribution >= 0.6 is 12.4 Å². The molecule has 0 saturated heterocycles. The third-order valence-electron chi connectivity index (χ3n) is 8.70. The molecule has 3 heterocycles. The lowest BCUT2D eigenvalue weighted by Crippen LogP contribution is -2.38. The lowest BCUT2D eigenvalue weighted by atomic mass is 9.84. The fraction of sp³-hybridized carbons (Fsp3) is 0.438. The summed E-state index contributed by atoms with van der Waals surface area (Å²) in [6.45, 7) is 6.67. The zero-order chi connectivity index (χ0) is 27.6. The van der Waals surface area contributed by atoms with Crippen LogP contribution in [-0.2, 0) is 12.8 Å². The molecule has 9 heteroatoms. The zero-order valence-electron chi connectivity index (χ0n) is 23.7. The number of aromatic amines is 1. The molecular weight excluding hydrogens is 538 g/mol. The number of halogens is 1. The minimum Gasteiger partial charge on any atom is -0.351 e. The number of H-pyrrole nitrogens is 1. The quantitative estimate of drug-likeness (QED) is 0.265. The number of amides is 1. The van der Waals surface area contributed by atoms with E-state index in [4.69, 9.17) is 4.52 Å². The topological polar surface area (TPSA) is 104 Å². The van der Waals surface area contributed by atoms with Gasteiger partial charge >= 0.3 is 0 Å². The maximum Gasteiger partial charge on any atom is 0.267 e. The van der Waals surface area contributed by atoms with E-state index in [1.54, 1.807) is 13.0 Å². The number of nitrogens with one attached hydrogen (secondary N) is 2. The zero-order valence-corrected chi connectivity index (χ0v) is 24.6. The molecule has 1 aliphatic carbocycles. The Labute approximate surface area is 246 Å². The van der Waals surface area contributed by atoms with Crippen LogP contribution in [0.4, 0.5) is 0 Å². The molecule has 6 rings (SSSR count). The molecule has 1 fully saturated rings. The minimum absolute atomic E-state index is 0. The molecule has 0 atom stereocenters. The molecule has 0 spiro atoms. The summed E-state index contributed by atoms with van der Waals surface area (Å²) >= 11 is 0. The number of ketones is 1. The van der Waals surface area contributed by atoms with E-state index in [0.717, 1.165) is 74.6 Å². The van der Waals surface area contributed by atoms with Gasteiger partial charge in [0.2, 0.25) is 11.7 Å². The molecule has 216 valence electrons. The van der Waals surface area contributed by atoms with Crippen LogP contribution in [0, 0.1) is 12.8 Å². The average molecular weight is 576 g/mol. The van der Waals surface area contributed by atoms with Crippen molar-refractivity contribution >= 4 is 35.0 Å². The number of fused-ring (bicyclic) bond motifs is 2. The summed E-state index contributed by atoms with van der Waals surface area (Å²) in [6.07, 6.45) is 7.68. The Kier molecular flexibility index (Phi) is 8.90. The first-order valence-electron chi connectivity index (χ1n) is 14.5. The van der Waals surface area contributed by atoms with E-state index < -0.39 is 0 Å². The minimum atomic E-state index is -0.0641. The normalized spacial score (nSPS) is 19.3. The molecule has 0 unspecified atom stereocenters. The Balaban J connectivity index is 0.00000337. The Morgan fingerprint density at radius 3 is 2.54 bits per heavy atom. The van der Waals surface area contributed by atoms with E-state index in [1.165, 1.54) is 17.5 Å². The van der Waals surface area contributed by atoms with Crippen molar-refractivity contribution in [2.75, 3.05) is 19.6 Å². The number of rotatable bonds is 7. The third-order valence-corrected chi connectivity index (χ3v) is 8.70. The van der Waals surface area contributed by atoms with Gasteiger partial charge in [-0.2, -0.15) is 4.98 Å². The van der Waals surface area contributed by atoms with Crippen LogP contribution in [0.15, 0.2) is 47.0 Å². The standard InChI is InChI=1S/C32H37N5O3.ClH/c1-20(38)24-6-7-26-19-30(35-29(26)18-24)32(39)34-28-9-3-22(4-10-28)11-14-37-15-12-23-5-8-27(17-25(23)13-16-37)31-33-21(2)40-36-31;/h5-8,17-19,22,28,35H,3-4,9-16H2,1-2H3,(H,34,39);1H. The SMILES string of the molecule is CC(=O)c1ccc2cc(C(=O)NC3CCC(CCN4CCc5ccc(-c6noc(C)n6)cc5CC4)CC3)[nH]c2c1.Cl. The lowest BCUT2D eigenvalue weighted by molar-refractivity contribution is 0.0915. The van der Waals surface area contributed by atoms with Crippen LogP contribution < -0.4 is 5.32 Å². The van der Waals surface area contributed by atoms with Crippen molar-refractivity contribution < 1.29 is 14.1 Å². The second kappa shape index (κ2) is 12.6. The van der Waals surface area contributed by atoms with E-state index in [0.29, 0.717) is 28.9 Å². The number of carbonyl (C=O) groups excluding carboxylic acids is 2. The van der Waals surface area contributed by atoms with Crippen LogP contribution in [0.5, 0.6) is 0 Å². The van der Waals surface area contributed by atoms with Gasteiger partial charge < -0.3 is 19.7 Å². The van der Waals surface area contributed by atoms with Crippen LogP contribution in [0.3, 0.4) is 0 Å². The summed E-state index contributed by atoms with van der Waals surface area (Å²) in [5, 5.41) is 8.25. The number of nitrogens with zero attached hydrogens (tertiary/aromatic N) is 3. The molecule has 2 aromatic carbocycles. The highest BCUT2D eigenvalue weighted by Gasteiger charge is 2.24. The van der Waals surface area contributed by atoms with E-state index in [2.05, 4.69) is 43.5 Å². The van der Waals surface area contributed by atoms with Crippen molar-refractivity contribution in [1.82, 2.24) is 25.3 Å². The van der Waals surface area contributed by atoms with E-state index >= 15 is 0 Å². The second-order valence-electron chi connectivity index (χ2n) is 11.5. The van der Waals surface area contributed by atoms with Crippen molar-refractivity contribution in [3.8, 4) is 11.4 Å². The van der Waals surface area contributed by atoms with Crippen molar-refractivity contribution in [3.05, 3.63) is 70.7 Å². The average Bonchev–Trinajstić information content (AvgIpc) is 3.54. The summed E-state index contributed by atoms with van der Waals surface area (Å²) in [6, 6.07) is 14.2. The van der Waals surface area contributed by atoms with Crippen LogP contribution in [0.2, 0.25) is 0 Å². The maximum atomic E-state index is 12.9. The predicted molar refractivity (Wildman–Crippen MR) is 162 cm³/mol. The van der Waals surface area contributed by atoms with Crippen molar-refractivity contribution in [1.29, 1.82) is 0 Å². The highest BCUT2D eigenvalue weighted by atomic mass is 35.5. The van der Waals surface area contributed by atoms with Gasteiger partial charge in [0.05, 0.1) is 0 Å². The summed E-state index contributed by atoms with van der Waals surface area (Å²) in [5.41, 5.74) is 5.87. The number of benzene rings is 2. The molecule has 2 aromatic heterocycles. The highest BCUT2D eigenvalue weighted by molar-refractivity contribution is 6.01. The smallest absolute Gasteiger partial charge is 0.267 e. The Morgan fingerprint density at radius 2 is 1.80 bits per heavy atom. The summed E-state index contributed by atoms with van der Waals surface area (Å²) in [5.74, 6) is 1.92. The Hall–Kier alpha value is -3.49. The summed E-state index contributed by atoms with van der Waals surface area (Å²) in [4.78, 5) is 34.8. The molecule has 1 saturated carbocycles. The molecule has 8 nitrogen and oxygen atoms in total. The third kappa shape index (κ3) is 6.71. The van der Waals surface area contributed by atoms with Gasteiger partial charge in [0.15, 0.2) is 5.78 Å². The van der Waals surface area contributed by atoms with Gasteiger partial charge in [0.1, 0.15) is 5.69 Å². The number of hydrogen-bond donors (Lipinski definition) is 2. The van der Waals surface area contributed by atoms with Gasteiger partial charge in [-0.1, -0.05) is 29.4 Å². The Morgan fingerprint density at radius 1 is 1.02 bits per heavy atom. The van der Waals surface area contributed by atoms with E-state index in [1.807, 2.05) is 25.1 Å². The highest BCUT2D eigenvalue weighted by Crippen LogP contribution is 2.29. The largest absolute Gasteiger partial charge is 0.351 e.